The third-order valence-electron chi connectivity index (χ3n) is 2.63. The number of ketones is 1. The predicted molar refractivity (Wildman–Crippen MR) is 77.4 cm³/mol. The van der Waals surface area contributed by atoms with E-state index in [1.807, 2.05) is 6.07 Å². The van der Waals surface area contributed by atoms with Gasteiger partial charge >= 0.3 is 5.97 Å². The van der Waals surface area contributed by atoms with Gasteiger partial charge in [-0.15, -0.1) is 0 Å². The van der Waals surface area contributed by atoms with E-state index in [1.165, 1.54) is 12.1 Å². The Morgan fingerprint density at radius 1 is 1.10 bits per heavy atom. The second-order valence-electron chi connectivity index (χ2n) is 4.02. The minimum Gasteiger partial charge on any atom is -0.485 e. The molecule has 4 nitrogen and oxygen atoms in total. The molecule has 0 spiro atoms. The van der Waals surface area contributed by atoms with Crippen LogP contribution in [0, 0.1) is 0 Å². The summed E-state index contributed by atoms with van der Waals surface area (Å²) in [4.78, 5) is 23.0. The number of halogens is 1. The molecular weight excluding hydrogens is 324 g/mol. The van der Waals surface area contributed by atoms with Gasteiger partial charge in [-0.25, -0.2) is 4.79 Å². The van der Waals surface area contributed by atoms with Crippen LogP contribution in [0.25, 0.3) is 0 Å². The fourth-order valence-electron chi connectivity index (χ4n) is 1.65. The third kappa shape index (κ3) is 3.45. The van der Waals surface area contributed by atoms with Crippen LogP contribution in [0.2, 0.25) is 0 Å². The van der Waals surface area contributed by atoms with E-state index < -0.39 is 5.97 Å². The lowest BCUT2D eigenvalue weighted by atomic mass is 10.1. The van der Waals surface area contributed by atoms with Crippen LogP contribution in [0.1, 0.15) is 20.7 Å². The van der Waals surface area contributed by atoms with Crippen LogP contribution < -0.4 is 4.74 Å². The Bertz CT molecular complexity index is 638. The molecule has 0 saturated carbocycles. The maximum Gasteiger partial charge on any atom is 0.339 e. The molecule has 0 aliphatic heterocycles. The summed E-state index contributed by atoms with van der Waals surface area (Å²) in [7, 11) is 0. The van der Waals surface area contributed by atoms with Gasteiger partial charge in [0.2, 0.25) is 0 Å². The quantitative estimate of drug-likeness (QED) is 0.851. The number of hydrogen-bond donors (Lipinski definition) is 1. The fourth-order valence-corrected chi connectivity index (χ4v) is 2.01. The number of carbonyl (C=O) groups is 2. The molecule has 2 aromatic rings. The topological polar surface area (TPSA) is 63.6 Å². The summed E-state index contributed by atoms with van der Waals surface area (Å²) in [6.07, 6.45) is 0. The molecule has 5 heteroatoms. The zero-order valence-electron chi connectivity index (χ0n) is 10.4. The van der Waals surface area contributed by atoms with E-state index >= 15 is 0 Å². The smallest absolute Gasteiger partial charge is 0.339 e. The Morgan fingerprint density at radius 2 is 1.80 bits per heavy atom. The number of hydrogen-bond acceptors (Lipinski definition) is 3. The molecule has 2 aromatic carbocycles. The summed E-state index contributed by atoms with van der Waals surface area (Å²) in [5.41, 5.74) is 0.543. The molecule has 0 aliphatic rings. The van der Waals surface area contributed by atoms with Gasteiger partial charge in [0, 0.05) is 10.0 Å². The highest BCUT2D eigenvalue weighted by Gasteiger charge is 2.13. The number of carboxylic acids is 1. The van der Waals surface area contributed by atoms with Gasteiger partial charge in [0.15, 0.2) is 12.4 Å². The van der Waals surface area contributed by atoms with Crippen molar-refractivity contribution in [1.29, 1.82) is 0 Å². The van der Waals surface area contributed by atoms with Crippen molar-refractivity contribution in [3.63, 3.8) is 0 Å². The van der Waals surface area contributed by atoms with Crippen LogP contribution in [-0.4, -0.2) is 23.5 Å². The Labute approximate surface area is 124 Å². The molecule has 0 unspecified atom stereocenters. The zero-order valence-corrected chi connectivity index (χ0v) is 12.0. The van der Waals surface area contributed by atoms with Crippen LogP contribution in [0.3, 0.4) is 0 Å². The zero-order chi connectivity index (χ0) is 14.5. The van der Waals surface area contributed by atoms with Crippen LogP contribution in [0.15, 0.2) is 53.0 Å². The predicted octanol–water partition coefficient (Wildman–Crippen LogP) is 3.41. The first-order valence-corrected chi connectivity index (χ1v) is 6.61. The lowest BCUT2D eigenvalue weighted by molar-refractivity contribution is 0.0689. The number of carbonyl (C=O) groups excluding carboxylic acids is 1. The maximum absolute atomic E-state index is 11.9. The normalized spacial score (nSPS) is 10.1. The van der Waals surface area contributed by atoms with Crippen molar-refractivity contribution in [3.05, 3.63) is 64.1 Å². The van der Waals surface area contributed by atoms with Crippen molar-refractivity contribution in [2.45, 2.75) is 0 Å². The van der Waals surface area contributed by atoms with Gasteiger partial charge in [-0.05, 0) is 18.2 Å². The minimum atomic E-state index is -1.10. The van der Waals surface area contributed by atoms with Crippen LogP contribution in [0.5, 0.6) is 5.75 Å². The maximum atomic E-state index is 11.9. The van der Waals surface area contributed by atoms with Crippen molar-refractivity contribution in [2.75, 3.05) is 6.61 Å². The van der Waals surface area contributed by atoms with E-state index in [0.717, 1.165) is 0 Å². The molecule has 0 amide bonds. The lowest BCUT2D eigenvalue weighted by Gasteiger charge is -2.09. The molecular formula is C15H11BrO4. The summed E-state index contributed by atoms with van der Waals surface area (Å²) in [5.74, 6) is -1.14. The second kappa shape index (κ2) is 6.34. The van der Waals surface area contributed by atoms with Crippen LogP contribution in [0.4, 0.5) is 0 Å². The Balaban J connectivity index is 2.12. The third-order valence-corrected chi connectivity index (χ3v) is 3.12. The van der Waals surface area contributed by atoms with E-state index in [4.69, 9.17) is 9.84 Å². The molecule has 102 valence electrons. The Kier molecular flexibility index (Phi) is 4.53. The summed E-state index contributed by atoms with van der Waals surface area (Å²) in [5, 5.41) is 9.09. The van der Waals surface area contributed by atoms with E-state index in [9.17, 15) is 9.59 Å². The monoisotopic (exact) mass is 334 g/mol. The van der Waals surface area contributed by atoms with Gasteiger partial charge in [-0.2, -0.15) is 0 Å². The van der Waals surface area contributed by atoms with Crippen molar-refractivity contribution < 1.29 is 19.4 Å². The van der Waals surface area contributed by atoms with Gasteiger partial charge in [0.1, 0.15) is 11.3 Å². The number of aromatic carboxylic acids is 1. The van der Waals surface area contributed by atoms with E-state index in [2.05, 4.69) is 15.9 Å². The summed E-state index contributed by atoms with van der Waals surface area (Å²) in [6, 6.07) is 13.3. The van der Waals surface area contributed by atoms with Gasteiger partial charge < -0.3 is 9.84 Å². The molecule has 0 saturated heterocycles. The van der Waals surface area contributed by atoms with Gasteiger partial charge in [0.25, 0.3) is 0 Å². The van der Waals surface area contributed by atoms with Crippen molar-refractivity contribution in [1.82, 2.24) is 0 Å². The van der Waals surface area contributed by atoms with Gasteiger partial charge in [-0.3, -0.25) is 4.79 Å². The molecule has 0 bridgehead atoms. The molecule has 0 heterocycles. The molecule has 2 rings (SSSR count). The summed E-state index contributed by atoms with van der Waals surface area (Å²) in [6.45, 7) is -0.202. The Morgan fingerprint density at radius 3 is 2.45 bits per heavy atom. The molecule has 0 fully saturated rings. The van der Waals surface area contributed by atoms with Crippen molar-refractivity contribution in [2.24, 2.45) is 0 Å². The number of rotatable bonds is 5. The molecule has 0 atom stereocenters. The fraction of sp³-hybridized carbons (Fsp3) is 0.0667. The number of benzene rings is 2. The molecule has 20 heavy (non-hydrogen) atoms. The summed E-state index contributed by atoms with van der Waals surface area (Å²) < 4.78 is 5.95. The first-order chi connectivity index (χ1) is 9.58. The largest absolute Gasteiger partial charge is 0.485 e. The molecule has 0 aliphatic carbocycles. The number of Topliss-reactive ketones (excluding diaryl/α,β-unsaturated/α-hetero) is 1. The highest BCUT2D eigenvalue weighted by Crippen LogP contribution is 2.23. The highest BCUT2D eigenvalue weighted by atomic mass is 79.9. The minimum absolute atomic E-state index is 0.0141. The number of carboxylic acid groups (broad SMARTS) is 1. The Hall–Kier alpha value is -2.14. The van der Waals surface area contributed by atoms with E-state index in [1.54, 1.807) is 30.3 Å². The number of ether oxygens (including phenoxy) is 1. The van der Waals surface area contributed by atoms with Crippen molar-refractivity contribution >= 4 is 27.7 Å². The molecule has 0 aromatic heterocycles. The first-order valence-electron chi connectivity index (χ1n) is 5.82. The van der Waals surface area contributed by atoms with Crippen LogP contribution in [-0.2, 0) is 0 Å². The molecule has 0 radical (unpaired) electrons. The lowest BCUT2D eigenvalue weighted by Crippen LogP contribution is -2.13. The van der Waals surface area contributed by atoms with E-state index in [-0.39, 0.29) is 23.7 Å². The van der Waals surface area contributed by atoms with Gasteiger partial charge in [0.05, 0.1) is 0 Å². The van der Waals surface area contributed by atoms with E-state index in [0.29, 0.717) is 10.0 Å². The first kappa shape index (κ1) is 14.3. The molecule has 1 N–H and O–H groups in total. The second-order valence-corrected chi connectivity index (χ2v) is 4.94. The van der Waals surface area contributed by atoms with Crippen LogP contribution >= 0.6 is 15.9 Å². The highest BCUT2D eigenvalue weighted by molar-refractivity contribution is 9.10. The average Bonchev–Trinajstić information content (AvgIpc) is 2.46. The summed E-state index contributed by atoms with van der Waals surface area (Å²) >= 11 is 3.20. The standard InChI is InChI=1S/C15H11BrO4/c16-11-6-7-14(12(8-11)15(18)19)20-9-13(17)10-4-2-1-3-5-10/h1-8H,9H2,(H,18,19). The van der Waals surface area contributed by atoms with Gasteiger partial charge in [-0.1, -0.05) is 46.3 Å². The SMILES string of the molecule is O=C(COc1ccc(Br)cc1C(=O)O)c1ccccc1. The van der Waals surface area contributed by atoms with Crippen molar-refractivity contribution in [3.8, 4) is 5.75 Å². The average molecular weight is 335 g/mol.